The average Bonchev–Trinajstić information content (AvgIpc) is 3.07. The highest BCUT2D eigenvalue weighted by Gasteiger charge is 2.35. The number of hydrogen-bond donors (Lipinski definition) is 1. The van der Waals surface area contributed by atoms with Crippen molar-refractivity contribution in [2.75, 3.05) is 26.2 Å². The number of likely N-dealkylation sites (tertiary alicyclic amines) is 1. The molecule has 2 aromatic rings. The highest BCUT2D eigenvalue weighted by atomic mass is 16.5. The molecule has 0 aromatic heterocycles. The van der Waals surface area contributed by atoms with Gasteiger partial charge in [-0.1, -0.05) is 30.3 Å². The van der Waals surface area contributed by atoms with Crippen LogP contribution >= 0.6 is 0 Å². The van der Waals surface area contributed by atoms with Gasteiger partial charge in [0, 0.05) is 32.1 Å². The van der Waals surface area contributed by atoms with E-state index in [1.165, 1.54) is 0 Å². The minimum Gasteiger partial charge on any atom is -0.484 e. The van der Waals surface area contributed by atoms with Crippen molar-refractivity contribution in [3.05, 3.63) is 65.7 Å². The lowest BCUT2D eigenvalue weighted by molar-refractivity contribution is -0.132. The van der Waals surface area contributed by atoms with Gasteiger partial charge in [-0.25, -0.2) is 0 Å². The SMILES string of the molecule is O=C(COc1ccccc1)NC1CCN(C(=O)CCN2C(=O)c3ccccc3C2=O)CC1. The summed E-state index contributed by atoms with van der Waals surface area (Å²) in [6.45, 7) is 1.05. The molecule has 0 atom stereocenters. The van der Waals surface area contributed by atoms with Crippen molar-refractivity contribution in [1.29, 1.82) is 0 Å². The molecule has 4 amide bonds. The molecule has 2 aliphatic rings. The van der Waals surface area contributed by atoms with Crippen LogP contribution in [0.1, 0.15) is 40.0 Å². The van der Waals surface area contributed by atoms with Gasteiger partial charge >= 0.3 is 0 Å². The number of nitrogens with one attached hydrogen (secondary N) is 1. The zero-order chi connectivity index (χ0) is 22.5. The molecule has 0 radical (unpaired) electrons. The number of hydrogen-bond acceptors (Lipinski definition) is 5. The van der Waals surface area contributed by atoms with E-state index in [2.05, 4.69) is 5.32 Å². The molecule has 0 bridgehead atoms. The fourth-order valence-corrected chi connectivity index (χ4v) is 4.02. The average molecular weight is 435 g/mol. The number of benzene rings is 2. The normalized spacial score (nSPS) is 16.1. The van der Waals surface area contributed by atoms with Crippen LogP contribution in [-0.4, -0.2) is 65.7 Å². The maximum absolute atomic E-state index is 12.6. The first kappa shape index (κ1) is 21.5. The van der Waals surface area contributed by atoms with E-state index in [4.69, 9.17) is 4.74 Å². The second-order valence-corrected chi connectivity index (χ2v) is 7.88. The van der Waals surface area contributed by atoms with E-state index in [1.54, 1.807) is 41.3 Å². The van der Waals surface area contributed by atoms with Crippen molar-refractivity contribution in [2.45, 2.75) is 25.3 Å². The van der Waals surface area contributed by atoms with Crippen LogP contribution in [-0.2, 0) is 9.59 Å². The Morgan fingerprint density at radius 2 is 1.50 bits per heavy atom. The molecule has 8 nitrogen and oxygen atoms in total. The highest BCUT2D eigenvalue weighted by Crippen LogP contribution is 2.23. The molecule has 4 rings (SSSR count). The maximum Gasteiger partial charge on any atom is 0.261 e. The van der Waals surface area contributed by atoms with Crippen molar-refractivity contribution >= 4 is 23.6 Å². The molecule has 2 aliphatic heterocycles. The van der Waals surface area contributed by atoms with Gasteiger partial charge in [0.1, 0.15) is 5.75 Å². The molecule has 0 saturated carbocycles. The van der Waals surface area contributed by atoms with Gasteiger partial charge in [0.05, 0.1) is 11.1 Å². The summed E-state index contributed by atoms with van der Waals surface area (Å²) in [5.41, 5.74) is 0.774. The molecule has 1 saturated heterocycles. The number of fused-ring (bicyclic) bond motifs is 1. The summed E-state index contributed by atoms with van der Waals surface area (Å²) in [6, 6.07) is 15.8. The Hall–Kier alpha value is -3.68. The number of nitrogens with zero attached hydrogens (tertiary/aromatic N) is 2. The van der Waals surface area contributed by atoms with Crippen LogP contribution in [0.25, 0.3) is 0 Å². The predicted octanol–water partition coefficient (Wildman–Crippen LogP) is 1.86. The molecule has 32 heavy (non-hydrogen) atoms. The summed E-state index contributed by atoms with van der Waals surface area (Å²) in [6.07, 6.45) is 1.39. The largest absolute Gasteiger partial charge is 0.484 e. The fourth-order valence-electron chi connectivity index (χ4n) is 4.02. The number of carbonyl (C=O) groups is 4. The summed E-state index contributed by atoms with van der Waals surface area (Å²) in [4.78, 5) is 52.4. The molecule has 8 heteroatoms. The highest BCUT2D eigenvalue weighted by molar-refractivity contribution is 6.21. The number of imide groups is 1. The first-order chi connectivity index (χ1) is 15.5. The number of para-hydroxylation sites is 1. The third-order valence-electron chi connectivity index (χ3n) is 5.75. The number of rotatable bonds is 7. The minimum absolute atomic E-state index is 0.0119. The van der Waals surface area contributed by atoms with Crippen LogP contribution < -0.4 is 10.1 Å². The van der Waals surface area contributed by atoms with Crippen molar-refractivity contribution in [3.8, 4) is 5.75 Å². The summed E-state index contributed by atoms with van der Waals surface area (Å²) in [7, 11) is 0. The molecule has 2 aromatic carbocycles. The van der Waals surface area contributed by atoms with Gasteiger partial charge in [0.2, 0.25) is 5.91 Å². The standard InChI is InChI=1S/C24H25N3O5/c28-21(16-32-18-6-2-1-3-7-18)25-17-10-13-26(14-11-17)22(29)12-15-27-23(30)19-8-4-5-9-20(19)24(27)31/h1-9,17H,10-16H2,(H,25,28). The van der Waals surface area contributed by atoms with Gasteiger partial charge in [-0.15, -0.1) is 0 Å². The summed E-state index contributed by atoms with van der Waals surface area (Å²) in [5.74, 6) is -0.348. The van der Waals surface area contributed by atoms with E-state index in [0.29, 0.717) is 42.8 Å². The zero-order valence-corrected chi connectivity index (χ0v) is 17.7. The second kappa shape index (κ2) is 9.64. The lowest BCUT2D eigenvalue weighted by atomic mass is 10.0. The Morgan fingerprint density at radius 3 is 2.12 bits per heavy atom. The van der Waals surface area contributed by atoms with E-state index in [0.717, 1.165) is 4.90 Å². The lowest BCUT2D eigenvalue weighted by Gasteiger charge is -2.32. The Kier molecular flexibility index (Phi) is 6.49. The molecule has 0 spiro atoms. The van der Waals surface area contributed by atoms with Gasteiger partial charge in [-0.2, -0.15) is 0 Å². The predicted molar refractivity (Wildman–Crippen MR) is 116 cm³/mol. The Balaban J connectivity index is 1.18. The van der Waals surface area contributed by atoms with E-state index in [9.17, 15) is 19.2 Å². The molecule has 0 unspecified atom stereocenters. The van der Waals surface area contributed by atoms with E-state index in [-0.39, 0.29) is 49.2 Å². The molecule has 0 aliphatic carbocycles. The minimum atomic E-state index is -0.349. The smallest absolute Gasteiger partial charge is 0.261 e. The van der Waals surface area contributed by atoms with Gasteiger partial charge in [0.15, 0.2) is 6.61 Å². The van der Waals surface area contributed by atoms with E-state index in [1.807, 2.05) is 18.2 Å². The van der Waals surface area contributed by atoms with Crippen molar-refractivity contribution in [1.82, 2.24) is 15.1 Å². The van der Waals surface area contributed by atoms with Crippen molar-refractivity contribution in [2.24, 2.45) is 0 Å². The van der Waals surface area contributed by atoms with Gasteiger partial charge < -0.3 is 15.0 Å². The maximum atomic E-state index is 12.6. The Labute approximate surface area is 186 Å². The van der Waals surface area contributed by atoms with Gasteiger partial charge in [-0.05, 0) is 37.1 Å². The third kappa shape index (κ3) is 4.80. The third-order valence-corrected chi connectivity index (χ3v) is 5.75. The van der Waals surface area contributed by atoms with E-state index < -0.39 is 0 Å². The quantitative estimate of drug-likeness (QED) is 0.670. The topological polar surface area (TPSA) is 96.0 Å². The summed E-state index contributed by atoms with van der Waals surface area (Å²) < 4.78 is 5.45. The van der Waals surface area contributed by atoms with Gasteiger partial charge in [0.25, 0.3) is 17.7 Å². The number of carbonyl (C=O) groups excluding carboxylic acids is 4. The molecule has 166 valence electrons. The summed E-state index contributed by atoms with van der Waals surface area (Å²) >= 11 is 0. The number of amides is 4. The molecular formula is C24H25N3O5. The van der Waals surface area contributed by atoms with Crippen LogP contribution in [0.4, 0.5) is 0 Å². The Morgan fingerprint density at radius 1 is 0.906 bits per heavy atom. The van der Waals surface area contributed by atoms with Crippen LogP contribution in [0, 0.1) is 0 Å². The van der Waals surface area contributed by atoms with Crippen LogP contribution in [0.15, 0.2) is 54.6 Å². The first-order valence-corrected chi connectivity index (χ1v) is 10.7. The van der Waals surface area contributed by atoms with Crippen LogP contribution in [0.3, 0.4) is 0 Å². The van der Waals surface area contributed by atoms with E-state index >= 15 is 0 Å². The molecular weight excluding hydrogens is 410 g/mol. The van der Waals surface area contributed by atoms with Crippen molar-refractivity contribution in [3.63, 3.8) is 0 Å². The molecule has 1 N–H and O–H groups in total. The number of piperidine rings is 1. The van der Waals surface area contributed by atoms with Crippen molar-refractivity contribution < 1.29 is 23.9 Å². The Bertz CT molecular complexity index is 980. The molecule has 2 heterocycles. The van der Waals surface area contributed by atoms with Crippen LogP contribution in [0.5, 0.6) is 5.75 Å². The molecule has 1 fully saturated rings. The van der Waals surface area contributed by atoms with Crippen LogP contribution in [0.2, 0.25) is 0 Å². The summed E-state index contributed by atoms with van der Waals surface area (Å²) in [5, 5.41) is 2.95. The first-order valence-electron chi connectivity index (χ1n) is 10.7. The second-order valence-electron chi connectivity index (χ2n) is 7.88. The monoisotopic (exact) mass is 435 g/mol. The lowest BCUT2D eigenvalue weighted by Crippen LogP contribution is -2.48. The van der Waals surface area contributed by atoms with Gasteiger partial charge in [-0.3, -0.25) is 24.1 Å². The number of ether oxygens (including phenoxy) is 1. The zero-order valence-electron chi connectivity index (χ0n) is 17.7. The fraction of sp³-hybridized carbons (Fsp3) is 0.333.